The molecule has 0 spiro atoms. The maximum absolute atomic E-state index is 11.1. The summed E-state index contributed by atoms with van der Waals surface area (Å²) in [6.07, 6.45) is 4.40. The Labute approximate surface area is 85.2 Å². The van der Waals surface area contributed by atoms with Crippen LogP contribution >= 0.6 is 0 Å². The largest absolute Gasteiger partial charge is 0.462 e. The molecule has 2 rings (SSSR count). The minimum absolute atomic E-state index is 0.0177. The van der Waals surface area contributed by atoms with Crippen LogP contribution in [0, 0.1) is 11.8 Å². The summed E-state index contributed by atoms with van der Waals surface area (Å²) in [7, 11) is 0. The number of hydrogen-bond acceptors (Lipinski definition) is 3. The van der Waals surface area contributed by atoms with E-state index in [2.05, 4.69) is 12.2 Å². The first-order valence-corrected chi connectivity index (χ1v) is 5.69. The first kappa shape index (κ1) is 9.97. The van der Waals surface area contributed by atoms with Crippen molar-refractivity contribution in [3.8, 4) is 0 Å². The third-order valence-corrected chi connectivity index (χ3v) is 3.43. The fraction of sp³-hybridized carbons (Fsp3) is 0.909. The van der Waals surface area contributed by atoms with Crippen molar-refractivity contribution < 1.29 is 9.53 Å². The molecule has 0 aromatic heterocycles. The van der Waals surface area contributed by atoms with Crippen molar-refractivity contribution in [3.05, 3.63) is 0 Å². The van der Waals surface area contributed by atoms with E-state index < -0.39 is 0 Å². The molecule has 0 amide bonds. The molecule has 3 heteroatoms. The van der Waals surface area contributed by atoms with Crippen LogP contribution in [0.2, 0.25) is 0 Å². The highest BCUT2D eigenvalue weighted by Crippen LogP contribution is 2.37. The first-order chi connectivity index (χ1) is 6.79. The van der Waals surface area contributed by atoms with Crippen molar-refractivity contribution >= 4 is 5.97 Å². The van der Waals surface area contributed by atoms with E-state index >= 15 is 0 Å². The molecule has 0 unspecified atom stereocenters. The molecule has 14 heavy (non-hydrogen) atoms. The average molecular weight is 197 g/mol. The number of carbonyl (C=O) groups is 1. The summed E-state index contributed by atoms with van der Waals surface area (Å²) < 4.78 is 5.31. The number of nitrogens with one attached hydrogen (secondary N) is 1. The molecule has 80 valence electrons. The Kier molecular flexibility index (Phi) is 3.06. The molecule has 0 bridgehead atoms. The van der Waals surface area contributed by atoms with Crippen molar-refractivity contribution in [2.75, 3.05) is 13.1 Å². The van der Waals surface area contributed by atoms with Crippen molar-refractivity contribution in [3.63, 3.8) is 0 Å². The lowest BCUT2D eigenvalue weighted by Gasteiger charge is -2.29. The number of rotatable bonds is 3. The minimum atomic E-state index is 0.0177. The molecule has 1 aliphatic heterocycles. The van der Waals surface area contributed by atoms with E-state index in [0.29, 0.717) is 18.3 Å². The maximum atomic E-state index is 11.1. The van der Waals surface area contributed by atoms with Gasteiger partial charge in [0.2, 0.25) is 0 Å². The van der Waals surface area contributed by atoms with Gasteiger partial charge in [-0.25, -0.2) is 0 Å². The van der Waals surface area contributed by atoms with Gasteiger partial charge in [-0.05, 0) is 38.3 Å². The van der Waals surface area contributed by atoms with Crippen molar-refractivity contribution in [1.82, 2.24) is 5.32 Å². The van der Waals surface area contributed by atoms with E-state index in [1.165, 1.54) is 12.8 Å². The fourth-order valence-corrected chi connectivity index (χ4v) is 2.62. The third-order valence-electron chi connectivity index (χ3n) is 3.43. The van der Waals surface area contributed by atoms with E-state index in [-0.39, 0.29) is 12.1 Å². The third kappa shape index (κ3) is 2.08. The summed E-state index contributed by atoms with van der Waals surface area (Å²) >= 11 is 0. The standard InChI is InChI=1S/C11H19NO2/c1-2-12-7-8-3-4-9-6-11(13)14-10(9)5-8/h8-10,12H,2-7H2,1H3/t8-,9+,10+/m0/s1. The van der Waals surface area contributed by atoms with Crippen LogP contribution in [0.3, 0.4) is 0 Å². The predicted molar refractivity (Wildman–Crippen MR) is 53.9 cm³/mol. The van der Waals surface area contributed by atoms with Gasteiger partial charge in [0.25, 0.3) is 0 Å². The molecule has 1 saturated heterocycles. The van der Waals surface area contributed by atoms with Gasteiger partial charge in [-0.3, -0.25) is 4.79 Å². The van der Waals surface area contributed by atoms with Crippen LogP contribution in [0.5, 0.6) is 0 Å². The molecular formula is C11H19NO2. The lowest BCUT2D eigenvalue weighted by atomic mass is 9.79. The highest BCUT2D eigenvalue weighted by Gasteiger charge is 2.39. The van der Waals surface area contributed by atoms with Gasteiger partial charge < -0.3 is 10.1 Å². The minimum Gasteiger partial charge on any atom is -0.462 e. The number of carbonyl (C=O) groups excluding carboxylic acids is 1. The van der Waals surface area contributed by atoms with Gasteiger partial charge >= 0.3 is 5.97 Å². The molecule has 1 N–H and O–H groups in total. The lowest BCUT2D eigenvalue weighted by Crippen LogP contribution is -2.32. The molecule has 1 aliphatic carbocycles. The summed E-state index contributed by atoms with van der Waals surface area (Å²) in [4.78, 5) is 11.1. The van der Waals surface area contributed by atoms with E-state index in [1.54, 1.807) is 0 Å². The Bertz CT molecular complexity index is 217. The second kappa shape index (κ2) is 4.30. The van der Waals surface area contributed by atoms with E-state index in [9.17, 15) is 4.79 Å². The Hall–Kier alpha value is -0.570. The monoisotopic (exact) mass is 197 g/mol. The van der Waals surface area contributed by atoms with Crippen LogP contribution < -0.4 is 5.32 Å². The molecule has 1 saturated carbocycles. The van der Waals surface area contributed by atoms with E-state index in [4.69, 9.17) is 4.74 Å². The predicted octanol–water partition coefficient (Wildman–Crippen LogP) is 1.33. The molecule has 0 aromatic carbocycles. The van der Waals surface area contributed by atoms with Crippen molar-refractivity contribution in [1.29, 1.82) is 0 Å². The topological polar surface area (TPSA) is 38.3 Å². The first-order valence-electron chi connectivity index (χ1n) is 5.69. The molecule has 3 nitrogen and oxygen atoms in total. The number of ether oxygens (including phenoxy) is 1. The zero-order valence-corrected chi connectivity index (χ0v) is 8.79. The zero-order chi connectivity index (χ0) is 9.97. The number of esters is 1. The highest BCUT2D eigenvalue weighted by atomic mass is 16.5. The van der Waals surface area contributed by atoms with Gasteiger partial charge in [0.15, 0.2) is 0 Å². The molecule has 0 radical (unpaired) electrons. The van der Waals surface area contributed by atoms with Gasteiger partial charge in [-0.1, -0.05) is 6.92 Å². The normalized spacial score (nSPS) is 36.6. The van der Waals surface area contributed by atoms with E-state index in [0.717, 1.165) is 19.5 Å². The Morgan fingerprint density at radius 2 is 2.36 bits per heavy atom. The SMILES string of the molecule is CCNC[C@H]1CC[C@@H]2CC(=O)O[C@@H]2C1. The van der Waals surface area contributed by atoms with Gasteiger partial charge in [-0.15, -0.1) is 0 Å². The Balaban J connectivity index is 1.82. The highest BCUT2D eigenvalue weighted by molar-refractivity contribution is 5.72. The zero-order valence-electron chi connectivity index (χ0n) is 8.79. The van der Waals surface area contributed by atoms with Crippen LogP contribution in [0.25, 0.3) is 0 Å². The van der Waals surface area contributed by atoms with Crippen LogP contribution in [-0.2, 0) is 9.53 Å². The van der Waals surface area contributed by atoms with E-state index in [1.807, 2.05) is 0 Å². The van der Waals surface area contributed by atoms with Crippen LogP contribution in [-0.4, -0.2) is 25.2 Å². The molecule has 1 heterocycles. The van der Waals surface area contributed by atoms with Crippen LogP contribution in [0.4, 0.5) is 0 Å². The lowest BCUT2D eigenvalue weighted by molar-refractivity contribution is -0.142. The number of hydrogen-bond donors (Lipinski definition) is 1. The molecule has 2 aliphatic rings. The Morgan fingerprint density at radius 1 is 1.50 bits per heavy atom. The van der Waals surface area contributed by atoms with Gasteiger partial charge in [-0.2, -0.15) is 0 Å². The summed E-state index contributed by atoms with van der Waals surface area (Å²) in [6, 6.07) is 0. The van der Waals surface area contributed by atoms with Gasteiger partial charge in [0.1, 0.15) is 6.10 Å². The summed E-state index contributed by atoms with van der Waals surface area (Å²) in [6.45, 7) is 4.24. The Morgan fingerprint density at radius 3 is 3.14 bits per heavy atom. The average Bonchev–Trinajstić information content (AvgIpc) is 2.54. The molecular weight excluding hydrogens is 178 g/mol. The maximum Gasteiger partial charge on any atom is 0.306 e. The summed E-state index contributed by atoms with van der Waals surface area (Å²) in [5.74, 6) is 1.26. The van der Waals surface area contributed by atoms with Crippen LogP contribution in [0.1, 0.15) is 32.6 Å². The molecule has 2 fully saturated rings. The summed E-state index contributed by atoms with van der Waals surface area (Å²) in [5, 5.41) is 3.37. The van der Waals surface area contributed by atoms with Crippen LogP contribution in [0.15, 0.2) is 0 Å². The van der Waals surface area contributed by atoms with Gasteiger partial charge in [0.05, 0.1) is 6.42 Å². The second-order valence-corrected chi connectivity index (χ2v) is 4.48. The van der Waals surface area contributed by atoms with Gasteiger partial charge in [0, 0.05) is 5.92 Å². The van der Waals surface area contributed by atoms with Crippen molar-refractivity contribution in [2.24, 2.45) is 11.8 Å². The molecule has 3 atom stereocenters. The quantitative estimate of drug-likeness (QED) is 0.694. The smallest absolute Gasteiger partial charge is 0.306 e. The molecule has 0 aromatic rings. The fourth-order valence-electron chi connectivity index (χ4n) is 2.62. The number of fused-ring (bicyclic) bond motifs is 1. The summed E-state index contributed by atoms with van der Waals surface area (Å²) in [5.41, 5.74) is 0. The second-order valence-electron chi connectivity index (χ2n) is 4.48. The van der Waals surface area contributed by atoms with Crippen molar-refractivity contribution in [2.45, 2.75) is 38.7 Å².